The maximum atomic E-state index is 12.2. The summed E-state index contributed by atoms with van der Waals surface area (Å²) >= 11 is 2.13. The van der Waals surface area contributed by atoms with Crippen LogP contribution in [0.4, 0.5) is 8.78 Å². The molecule has 2 nitrogen and oxygen atoms in total. The summed E-state index contributed by atoms with van der Waals surface area (Å²) in [5, 5.41) is 3.72. The molecule has 0 aromatic carbocycles. The Labute approximate surface area is 86.7 Å². The molecule has 0 atom stereocenters. The number of aromatic nitrogens is 2. The van der Waals surface area contributed by atoms with Crippen LogP contribution >= 0.6 is 22.6 Å². The summed E-state index contributed by atoms with van der Waals surface area (Å²) in [5.41, 5.74) is 0.518. The standard InChI is InChI=1S/C8H5F2IN2/c9-8(10)7-4-6-3-5(11)1-2-13(6)12-7/h1-4,8H. The van der Waals surface area contributed by atoms with Gasteiger partial charge in [0.2, 0.25) is 0 Å². The molecule has 2 rings (SSSR count). The molecule has 0 aliphatic rings. The Morgan fingerprint density at radius 3 is 2.85 bits per heavy atom. The quantitative estimate of drug-likeness (QED) is 0.739. The van der Waals surface area contributed by atoms with E-state index in [1.165, 1.54) is 10.6 Å². The molecular formula is C8H5F2IN2. The van der Waals surface area contributed by atoms with Crippen molar-refractivity contribution in [3.8, 4) is 0 Å². The average Bonchev–Trinajstić information content (AvgIpc) is 2.46. The molecule has 0 aliphatic heterocycles. The first-order valence-corrected chi connectivity index (χ1v) is 4.67. The topological polar surface area (TPSA) is 17.3 Å². The third kappa shape index (κ3) is 1.65. The monoisotopic (exact) mass is 294 g/mol. The van der Waals surface area contributed by atoms with Crippen LogP contribution in [0.25, 0.3) is 5.52 Å². The molecule has 13 heavy (non-hydrogen) atoms. The Kier molecular flexibility index (Phi) is 2.19. The van der Waals surface area contributed by atoms with Gasteiger partial charge in [-0.2, -0.15) is 5.10 Å². The number of pyridine rings is 1. The number of alkyl halides is 2. The van der Waals surface area contributed by atoms with Crippen LogP contribution in [-0.4, -0.2) is 9.61 Å². The molecule has 0 spiro atoms. The summed E-state index contributed by atoms with van der Waals surface area (Å²) in [5.74, 6) is 0. The SMILES string of the molecule is FC(F)c1cc2cc(I)ccn2n1. The zero-order valence-corrected chi connectivity index (χ0v) is 8.57. The van der Waals surface area contributed by atoms with Crippen molar-refractivity contribution in [2.45, 2.75) is 6.43 Å². The van der Waals surface area contributed by atoms with E-state index in [0.717, 1.165) is 3.57 Å². The Balaban J connectivity index is 2.62. The van der Waals surface area contributed by atoms with Crippen molar-refractivity contribution in [1.82, 2.24) is 9.61 Å². The normalized spacial score (nSPS) is 11.4. The molecule has 2 aromatic rings. The fourth-order valence-electron chi connectivity index (χ4n) is 1.09. The Morgan fingerprint density at radius 2 is 2.15 bits per heavy atom. The lowest BCUT2D eigenvalue weighted by molar-refractivity contribution is 0.145. The lowest BCUT2D eigenvalue weighted by Gasteiger charge is -1.91. The minimum absolute atomic E-state index is 0.179. The molecule has 0 saturated heterocycles. The smallest absolute Gasteiger partial charge is 0.240 e. The Bertz CT molecular complexity index is 439. The first kappa shape index (κ1) is 8.86. The van der Waals surface area contributed by atoms with Gasteiger partial charge in [0, 0.05) is 9.77 Å². The van der Waals surface area contributed by atoms with Gasteiger partial charge in [0.15, 0.2) is 0 Å². The molecule has 0 fully saturated rings. The zero-order valence-electron chi connectivity index (χ0n) is 6.42. The molecule has 0 saturated carbocycles. The van der Waals surface area contributed by atoms with E-state index >= 15 is 0 Å². The van der Waals surface area contributed by atoms with E-state index < -0.39 is 6.43 Å². The molecule has 2 aromatic heterocycles. The Hall–Kier alpha value is -0.720. The third-order valence-corrected chi connectivity index (χ3v) is 2.34. The fraction of sp³-hybridized carbons (Fsp3) is 0.125. The van der Waals surface area contributed by atoms with Crippen LogP contribution in [0.5, 0.6) is 0 Å². The molecule has 0 unspecified atom stereocenters. The van der Waals surface area contributed by atoms with Crippen LogP contribution in [0.2, 0.25) is 0 Å². The number of rotatable bonds is 1. The second kappa shape index (κ2) is 3.21. The van der Waals surface area contributed by atoms with Crippen LogP contribution in [0.3, 0.4) is 0 Å². The van der Waals surface area contributed by atoms with E-state index in [-0.39, 0.29) is 5.69 Å². The summed E-state index contributed by atoms with van der Waals surface area (Å²) in [6.45, 7) is 0. The molecule has 68 valence electrons. The third-order valence-electron chi connectivity index (χ3n) is 1.67. The average molecular weight is 294 g/mol. The highest BCUT2D eigenvalue weighted by Crippen LogP contribution is 2.19. The van der Waals surface area contributed by atoms with Crippen LogP contribution in [0.15, 0.2) is 24.4 Å². The van der Waals surface area contributed by atoms with Gasteiger partial charge < -0.3 is 0 Å². The zero-order chi connectivity index (χ0) is 9.42. The van der Waals surface area contributed by atoms with E-state index in [1.807, 2.05) is 6.07 Å². The molecule has 0 amide bonds. The highest BCUT2D eigenvalue weighted by atomic mass is 127. The van der Waals surface area contributed by atoms with Gasteiger partial charge in [-0.25, -0.2) is 13.3 Å². The number of nitrogens with zero attached hydrogens (tertiary/aromatic N) is 2. The van der Waals surface area contributed by atoms with Crippen LogP contribution in [0.1, 0.15) is 12.1 Å². The highest BCUT2D eigenvalue weighted by molar-refractivity contribution is 14.1. The second-order valence-electron chi connectivity index (χ2n) is 2.58. The van der Waals surface area contributed by atoms with E-state index in [1.54, 1.807) is 12.3 Å². The first-order chi connectivity index (χ1) is 6.16. The van der Waals surface area contributed by atoms with Crippen molar-refractivity contribution < 1.29 is 8.78 Å². The van der Waals surface area contributed by atoms with E-state index in [4.69, 9.17) is 0 Å². The van der Waals surface area contributed by atoms with Crippen LogP contribution in [0, 0.1) is 3.57 Å². The van der Waals surface area contributed by atoms with Crippen molar-refractivity contribution in [1.29, 1.82) is 0 Å². The van der Waals surface area contributed by atoms with Crippen molar-refractivity contribution >= 4 is 28.1 Å². The molecule has 5 heteroatoms. The van der Waals surface area contributed by atoms with E-state index in [0.29, 0.717) is 5.52 Å². The predicted octanol–water partition coefficient (Wildman–Crippen LogP) is 2.88. The predicted molar refractivity (Wildman–Crippen MR) is 52.9 cm³/mol. The number of hydrogen-bond acceptors (Lipinski definition) is 1. The molecule has 0 N–H and O–H groups in total. The van der Waals surface area contributed by atoms with Gasteiger partial charge in [0.1, 0.15) is 5.69 Å². The van der Waals surface area contributed by atoms with Gasteiger partial charge in [0.25, 0.3) is 6.43 Å². The van der Waals surface area contributed by atoms with Gasteiger partial charge in [0.05, 0.1) is 5.52 Å². The molecular weight excluding hydrogens is 289 g/mol. The van der Waals surface area contributed by atoms with Crippen LogP contribution < -0.4 is 0 Å². The summed E-state index contributed by atoms with van der Waals surface area (Å²) in [6, 6.07) is 5.02. The summed E-state index contributed by atoms with van der Waals surface area (Å²) in [7, 11) is 0. The minimum Gasteiger partial charge on any atom is -0.240 e. The van der Waals surface area contributed by atoms with Crippen molar-refractivity contribution in [3.63, 3.8) is 0 Å². The van der Waals surface area contributed by atoms with E-state index in [2.05, 4.69) is 27.7 Å². The maximum absolute atomic E-state index is 12.2. The number of halogens is 3. The molecule has 0 aliphatic carbocycles. The largest absolute Gasteiger partial charge is 0.282 e. The highest BCUT2D eigenvalue weighted by Gasteiger charge is 2.11. The van der Waals surface area contributed by atoms with Gasteiger partial charge >= 0.3 is 0 Å². The van der Waals surface area contributed by atoms with Crippen molar-refractivity contribution in [2.75, 3.05) is 0 Å². The minimum atomic E-state index is -2.50. The molecule has 2 heterocycles. The van der Waals surface area contributed by atoms with Crippen LogP contribution in [-0.2, 0) is 0 Å². The van der Waals surface area contributed by atoms with Gasteiger partial charge in [-0.05, 0) is 40.8 Å². The number of hydrogen-bond donors (Lipinski definition) is 0. The second-order valence-corrected chi connectivity index (χ2v) is 3.83. The maximum Gasteiger partial charge on any atom is 0.282 e. The lowest BCUT2D eigenvalue weighted by Crippen LogP contribution is -1.88. The lowest BCUT2D eigenvalue weighted by atomic mass is 10.4. The molecule has 0 radical (unpaired) electrons. The fourth-order valence-corrected chi connectivity index (χ4v) is 1.57. The van der Waals surface area contributed by atoms with Gasteiger partial charge in [-0.3, -0.25) is 0 Å². The summed E-state index contributed by atoms with van der Waals surface area (Å²) < 4.78 is 26.9. The first-order valence-electron chi connectivity index (χ1n) is 3.60. The Morgan fingerprint density at radius 1 is 1.38 bits per heavy atom. The van der Waals surface area contributed by atoms with Gasteiger partial charge in [-0.1, -0.05) is 0 Å². The number of fused-ring (bicyclic) bond motifs is 1. The molecule has 0 bridgehead atoms. The summed E-state index contributed by atoms with van der Waals surface area (Å²) in [6.07, 6.45) is -0.833. The van der Waals surface area contributed by atoms with Gasteiger partial charge in [-0.15, -0.1) is 0 Å². The van der Waals surface area contributed by atoms with Crippen molar-refractivity contribution in [2.24, 2.45) is 0 Å². The summed E-state index contributed by atoms with van der Waals surface area (Å²) in [4.78, 5) is 0. The van der Waals surface area contributed by atoms with E-state index in [9.17, 15) is 8.78 Å². The van der Waals surface area contributed by atoms with Crippen molar-refractivity contribution in [3.05, 3.63) is 33.7 Å².